The van der Waals surface area contributed by atoms with Crippen LogP contribution in [0.2, 0.25) is 0 Å². The summed E-state index contributed by atoms with van der Waals surface area (Å²) in [6.45, 7) is 2.65. The smallest absolute Gasteiger partial charge is 0.163 e. The quantitative estimate of drug-likeness (QED) is 0.793. The number of hydrogen-bond acceptors (Lipinski definition) is 4. The van der Waals surface area contributed by atoms with Gasteiger partial charge < -0.3 is 19.9 Å². The van der Waals surface area contributed by atoms with Gasteiger partial charge in [-0.2, -0.15) is 0 Å². The van der Waals surface area contributed by atoms with Crippen LogP contribution in [0.3, 0.4) is 0 Å². The molecule has 0 unspecified atom stereocenters. The predicted molar refractivity (Wildman–Crippen MR) is 107 cm³/mol. The Labute approximate surface area is 157 Å². The van der Waals surface area contributed by atoms with E-state index in [9.17, 15) is 0 Å². The molecule has 2 rings (SSSR count). The van der Waals surface area contributed by atoms with Crippen LogP contribution in [0.15, 0.2) is 42.5 Å². The number of ether oxygens (including phenoxy) is 3. The number of rotatable bonds is 7. The molecule has 5 heteroatoms. The Morgan fingerprint density at radius 1 is 0.880 bits per heavy atom. The highest BCUT2D eigenvalue weighted by atomic mass is 35.5. The summed E-state index contributed by atoms with van der Waals surface area (Å²) in [5.74, 6) is 2.54. The third kappa shape index (κ3) is 7.67. The molecule has 0 saturated carbocycles. The SMILES string of the molecule is CCN.COc1cccc(CCCc2cccc(OC)c2OC)c1.Cl. The van der Waals surface area contributed by atoms with Crippen molar-refractivity contribution >= 4 is 12.4 Å². The lowest BCUT2D eigenvalue weighted by Gasteiger charge is -2.12. The number of halogens is 1. The van der Waals surface area contributed by atoms with Crippen LogP contribution in [0.1, 0.15) is 24.5 Å². The van der Waals surface area contributed by atoms with Crippen LogP contribution in [0.25, 0.3) is 0 Å². The lowest BCUT2D eigenvalue weighted by atomic mass is 10.0. The predicted octanol–water partition coefficient (Wildman–Crippen LogP) is 4.27. The van der Waals surface area contributed by atoms with Gasteiger partial charge >= 0.3 is 0 Å². The molecular formula is C20H30ClNO3. The molecule has 0 saturated heterocycles. The molecule has 0 heterocycles. The molecule has 2 aromatic rings. The third-order valence-corrected chi connectivity index (χ3v) is 3.53. The highest BCUT2D eigenvalue weighted by Gasteiger charge is 2.09. The van der Waals surface area contributed by atoms with Crippen LogP contribution in [0, 0.1) is 0 Å². The van der Waals surface area contributed by atoms with Gasteiger partial charge in [0.2, 0.25) is 0 Å². The van der Waals surface area contributed by atoms with Crippen molar-refractivity contribution in [1.82, 2.24) is 0 Å². The molecule has 0 aliphatic heterocycles. The summed E-state index contributed by atoms with van der Waals surface area (Å²) in [5, 5.41) is 0. The first-order valence-electron chi connectivity index (χ1n) is 8.22. The Balaban J connectivity index is 0.00000134. The normalized spacial score (nSPS) is 9.32. The van der Waals surface area contributed by atoms with Crippen molar-refractivity contribution in [3.8, 4) is 17.2 Å². The standard InChI is InChI=1S/C18H22O3.C2H7N.ClH/c1-19-16-11-5-8-14(13-16)7-4-9-15-10-6-12-17(20-2)18(15)21-3;1-2-3;/h5-6,8,10-13H,4,7,9H2,1-3H3;2-3H2,1H3;1H. The summed E-state index contributed by atoms with van der Waals surface area (Å²) >= 11 is 0. The lowest BCUT2D eigenvalue weighted by Crippen LogP contribution is -1.97. The Bertz CT molecular complexity index is 605. The fourth-order valence-electron chi connectivity index (χ4n) is 2.46. The van der Waals surface area contributed by atoms with Crippen molar-refractivity contribution in [3.05, 3.63) is 53.6 Å². The van der Waals surface area contributed by atoms with Crippen molar-refractivity contribution in [1.29, 1.82) is 0 Å². The molecule has 0 aromatic heterocycles. The summed E-state index contributed by atoms with van der Waals surface area (Å²) < 4.78 is 16.0. The van der Waals surface area contributed by atoms with Gasteiger partial charge in [0.25, 0.3) is 0 Å². The van der Waals surface area contributed by atoms with Crippen molar-refractivity contribution in [2.24, 2.45) is 5.73 Å². The molecule has 0 radical (unpaired) electrons. The van der Waals surface area contributed by atoms with E-state index in [1.807, 2.05) is 31.2 Å². The van der Waals surface area contributed by atoms with Gasteiger partial charge in [-0.05, 0) is 55.1 Å². The van der Waals surface area contributed by atoms with Gasteiger partial charge in [0, 0.05) is 0 Å². The number of nitrogens with two attached hydrogens (primary N) is 1. The van der Waals surface area contributed by atoms with Gasteiger partial charge in [0.15, 0.2) is 11.5 Å². The molecule has 0 amide bonds. The average molecular weight is 368 g/mol. The first kappa shape index (κ1) is 23.1. The van der Waals surface area contributed by atoms with Gasteiger partial charge in [-0.25, -0.2) is 0 Å². The van der Waals surface area contributed by atoms with Crippen LogP contribution in [0.4, 0.5) is 0 Å². The van der Waals surface area contributed by atoms with E-state index in [2.05, 4.69) is 18.2 Å². The first-order valence-corrected chi connectivity index (χ1v) is 8.22. The number of hydrogen-bond donors (Lipinski definition) is 1. The summed E-state index contributed by atoms with van der Waals surface area (Å²) in [6, 6.07) is 14.2. The molecule has 4 nitrogen and oxygen atoms in total. The monoisotopic (exact) mass is 367 g/mol. The summed E-state index contributed by atoms with van der Waals surface area (Å²) in [7, 11) is 5.04. The van der Waals surface area contributed by atoms with Gasteiger partial charge in [-0.1, -0.05) is 31.2 Å². The van der Waals surface area contributed by atoms with E-state index in [-0.39, 0.29) is 12.4 Å². The molecule has 0 spiro atoms. The number of benzene rings is 2. The number of methoxy groups -OCH3 is 3. The molecule has 0 fully saturated rings. The third-order valence-electron chi connectivity index (χ3n) is 3.53. The van der Waals surface area contributed by atoms with Gasteiger partial charge in [-0.15, -0.1) is 12.4 Å². The Kier molecular flexibility index (Phi) is 12.4. The summed E-state index contributed by atoms with van der Waals surface area (Å²) in [6.07, 6.45) is 3.02. The molecule has 25 heavy (non-hydrogen) atoms. The highest BCUT2D eigenvalue weighted by Crippen LogP contribution is 2.31. The molecule has 2 aromatic carbocycles. The largest absolute Gasteiger partial charge is 0.497 e. The molecule has 0 aliphatic rings. The van der Waals surface area contributed by atoms with Crippen LogP contribution in [-0.2, 0) is 12.8 Å². The average Bonchev–Trinajstić information content (AvgIpc) is 2.62. The van der Waals surface area contributed by atoms with Crippen molar-refractivity contribution in [2.45, 2.75) is 26.2 Å². The maximum Gasteiger partial charge on any atom is 0.163 e. The molecule has 140 valence electrons. The molecular weight excluding hydrogens is 338 g/mol. The second-order valence-electron chi connectivity index (χ2n) is 5.27. The van der Waals surface area contributed by atoms with Crippen LogP contribution >= 0.6 is 12.4 Å². The minimum Gasteiger partial charge on any atom is -0.497 e. The number of para-hydroxylation sites is 1. The highest BCUT2D eigenvalue weighted by molar-refractivity contribution is 5.85. The molecule has 0 bridgehead atoms. The Hall–Kier alpha value is -1.91. The molecule has 2 N–H and O–H groups in total. The number of aryl methyl sites for hydroxylation is 2. The Morgan fingerprint density at radius 3 is 2.16 bits per heavy atom. The fraction of sp³-hybridized carbons (Fsp3) is 0.400. The van der Waals surface area contributed by atoms with Crippen molar-refractivity contribution < 1.29 is 14.2 Å². The van der Waals surface area contributed by atoms with E-state index in [1.165, 1.54) is 11.1 Å². The summed E-state index contributed by atoms with van der Waals surface area (Å²) in [5.41, 5.74) is 7.32. The van der Waals surface area contributed by atoms with Crippen LogP contribution in [0.5, 0.6) is 17.2 Å². The van der Waals surface area contributed by atoms with E-state index >= 15 is 0 Å². The lowest BCUT2D eigenvalue weighted by molar-refractivity contribution is 0.351. The zero-order valence-electron chi connectivity index (χ0n) is 15.6. The minimum atomic E-state index is 0. The van der Waals surface area contributed by atoms with Gasteiger partial charge in [-0.3, -0.25) is 0 Å². The fourth-order valence-corrected chi connectivity index (χ4v) is 2.46. The zero-order valence-corrected chi connectivity index (χ0v) is 16.4. The second kappa shape index (κ2) is 13.4. The van der Waals surface area contributed by atoms with E-state index in [4.69, 9.17) is 19.9 Å². The van der Waals surface area contributed by atoms with Crippen molar-refractivity contribution in [2.75, 3.05) is 27.9 Å². The minimum absolute atomic E-state index is 0. The zero-order chi connectivity index (χ0) is 17.8. The van der Waals surface area contributed by atoms with Gasteiger partial charge in [0.05, 0.1) is 21.3 Å². The maximum atomic E-state index is 5.46. The molecule has 0 aliphatic carbocycles. The maximum absolute atomic E-state index is 5.46. The van der Waals surface area contributed by atoms with E-state index in [0.717, 1.165) is 43.1 Å². The van der Waals surface area contributed by atoms with E-state index in [0.29, 0.717) is 0 Å². The summed E-state index contributed by atoms with van der Waals surface area (Å²) in [4.78, 5) is 0. The van der Waals surface area contributed by atoms with Gasteiger partial charge in [0.1, 0.15) is 5.75 Å². The van der Waals surface area contributed by atoms with Crippen LogP contribution < -0.4 is 19.9 Å². The van der Waals surface area contributed by atoms with E-state index < -0.39 is 0 Å². The van der Waals surface area contributed by atoms with Crippen molar-refractivity contribution in [3.63, 3.8) is 0 Å². The Morgan fingerprint density at radius 2 is 1.56 bits per heavy atom. The first-order chi connectivity index (χ1) is 11.7. The second-order valence-corrected chi connectivity index (χ2v) is 5.27. The van der Waals surface area contributed by atoms with E-state index in [1.54, 1.807) is 21.3 Å². The van der Waals surface area contributed by atoms with Crippen LogP contribution in [-0.4, -0.2) is 27.9 Å². The molecule has 0 atom stereocenters. The topological polar surface area (TPSA) is 53.7 Å².